The third-order valence-corrected chi connectivity index (χ3v) is 5.53. The Kier molecular flexibility index (Phi) is 12.3. The summed E-state index contributed by atoms with van der Waals surface area (Å²) in [5.74, 6) is -3.58. The van der Waals surface area contributed by atoms with Gasteiger partial charge in [0, 0.05) is 58.4 Å². The van der Waals surface area contributed by atoms with E-state index in [1.807, 2.05) is 0 Å². The zero-order valence-corrected chi connectivity index (χ0v) is 19.9. The Hall–Kier alpha value is -2.68. The van der Waals surface area contributed by atoms with Crippen LogP contribution in [0.25, 0.3) is 0 Å². The maximum Gasteiger partial charge on any atom is 0.490 e. The highest BCUT2D eigenvalue weighted by Gasteiger charge is 2.38. The number of carboxylic acids is 2. The second kappa shape index (κ2) is 14.2. The van der Waals surface area contributed by atoms with Gasteiger partial charge in [-0.3, -0.25) is 0 Å². The van der Waals surface area contributed by atoms with Crippen molar-refractivity contribution in [2.24, 2.45) is 5.92 Å². The van der Waals surface area contributed by atoms with Crippen LogP contribution < -0.4 is 4.90 Å². The largest absolute Gasteiger partial charge is 0.490 e. The number of halogens is 6. The fraction of sp³-hybridized carbons (Fsp3) is 0.714. The van der Waals surface area contributed by atoms with Crippen LogP contribution in [-0.2, 0) is 27.2 Å². The molecule has 2 N–H and O–H groups in total. The fourth-order valence-electron chi connectivity index (χ4n) is 3.51. The molecule has 0 amide bonds. The molecule has 1 aromatic rings. The summed E-state index contributed by atoms with van der Waals surface area (Å²) in [7, 11) is 2.12. The van der Waals surface area contributed by atoms with E-state index in [-0.39, 0.29) is 0 Å². The average molecular weight is 532 g/mol. The molecule has 15 heteroatoms. The van der Waals surface area contributed by atoms with E-state index in [0.29, 0.717) is 0 Å². The van der Waals surface area contributed by atoms with Gasteiger partial charge in [0.05, 0.1) is 5.69 Å². The van der Waals surface area contributed by atoms with Crippen LogP contribution in [-0.4, -0.2) is 95.8 Å². The Morgan fingerprint density at radius 1 is 1.03 bits per heavy atom. The second-order valence-corrected chi connectivity index (χ2v) is 8.10. The van der Waals surface area contributed by atoms with Crippen LogP contribution >= 0.6 is 0 Å². The molecule has 36 heavy (non-hydrogen) atoms. The molecular weight excluding hydrogens is 502 g/mol. The quantitative estimate of drug-likeness (QED) is 0.565. The van der Waals surface area contributed by atoms with Crippen molar-refractivity contribution in [3.63, 3.8) is 0 Å². The minimum Gasteiger partial charge on any atom is -0.475 e. The number of hydrogen-bond donors (Lipinski definition) is 2. The molecule has 2 aliphatic heterocycles. The van der Waals surface area contributed by atoms with Crippen molar-refractivity contribution in [2.45, 2.75) is 45.0 Å². The smallest absolute Gasteiger partial charge is 0.475 e. The predicted molar refractivity (Wildman–Crippen MR) is 116 cm³/mol. The number of ether oxygens (including phenoxy) is 1. The predicted octanol–water partition coefficient (Wildman–Crippen LogP) is 3.03. The van der Waals surface area contributed by atoms with E-state index < -0.39 is 24.3 Å². The van der Waals surface area contributed by atoms with E-state index >= 15 is 0 Å². The van der Waals surface area contributed by atoms with E-state index in [0.717, 1.165) is 57.4 Å². The van der Waals surface area contributed by atoms with Gasteiger partial charge in [0.25, 0.3) is 0 Å². The number of nitrogens with zero attached hydrogens (tertiary/aromatic N) is 4. The molecule has 2 aliphatic rings. The van der Waals surface area contributed by atoms with Crippen molar-refractivity contribution < 1.29 is 50.9 Å². The average Bonchev–Trinajstić information content (AvgIpc) is 3.01. The molecule has 1 fully saturated rings. The first-order valence-electron chi connectivity index (χ1n) is 11.1. The SMILES string of the molecule is CCN(C)c1ncnc2c1CCN(CC1CCOCC1)CC2.O=C(O)C(F)(F)F.O=C(O)C(F)(F)F. The second-order valence-electron chi connectivity index (χ2n) is 8.10. The molecule has 206 valence electrons. The van der Waals surface area contributed by atoms with Gasteiger partial charge >= 0.3 is 24.3 Å². The van der Waals surface area contributed by atoms with Crippen LogP contribution in [0.1, 0.15) is 31.0 Å². The van der Waals surface area contributed by atoms with E-state index in [1.165, 1.54) is 30.6 Å². The number of anilines is 1. The van der Waals surface area contributed by atoms with Gasteiger partial charge < -0.3 is 24.7 Å². The molecule has 0 spiro atoms. The lowest BCUT2D eigenvalue weighted by atomic mass is 9.99. The molecule has 1 saturated heterocycles. The monoisotopic (exact) mass is 532 g/mol. The summed E-state index contributed by atoms with van der Waals surface area (Å²) in [6.07, 6.45) is -3.89. The van der Waals surface area contributed by atoms with Gasteiger partial charge in [0.2, 0.25) is 0 Å². The van der Waals surface area contributed by atoms with Gasteiger partial charge in [-0.05, 0) is 32.1 Å². The number of hydrogen-bond acceptors (Lipinski definition) is 7. The van der Waals surface area contributed by atoms with Crippen molar-refractivity contribution >= 4 is 17.8 Å². The Morgan fingerprint density at radius 2 is 1.53 bits per heavy atom. The molecular formula is C21H30F6N4O5. The topological polar surface area (TPSA) is 116 Å². The number of aliphatic carboxylic acids is 2. The van der Waals surface area contributed by atoms with E-state index in [4.69, 9.17) is 24.5 Å². The van der Waals surface area contributed by atoms with E-state index in [1.54, 1.807) is 6.33 Å². The minimum absolute atomic E-state index is 0.804. The normalized spacial score (nSPS) is 16.9. The van der Waals surface area contributed by atoms with Crippen LogP contribution in [0, 0.1) is 5.92 Å². The van der Waals surface area contributed by atoms with Crippen molar-refractivity contribution in [3.8, 4) is 0 Å². The number of fused-ring (bicyclic) bond motifs is 1. The highest BCUT2D eigenvalue weighted by molar-refractivity contribution is 5.73. The summed E-state index contributed by atoms with van der Waals surface area (Å²) < 4.78 is 68.9. The molecule has 9 nitrogen and oxygen atoms in total. The zero-order valence-electron chi connectivity index (χ0n) is 19.9. The molecule has 0 atom stereocenters. The first-order chi connectivity index (χ1) is 16.7. The van der Waals surface area contributed by atoms with Crippen LogP contribution in [0.15, 0.2) is 6.33 Å². The van der Waals surface area contributed by atoms with Gasteiger partial charge in [-0.15, -0.1) is 0 Å². The van der Waals surface area contributed by atoms with Crippen molar-refractivity contribution in [1.82, 2.24) is 14.9 Å². The molecule has 0 radical (unpaired) electrons. The van der Waals surface area contributed by atoms with Crippen LogP contribution in [0.4, 0.5) is 32.2 Å². The maximum absolute atomic E-state index is 10.6. The maximum atomic E-state index is 10.6. The molecule has 3 rings (SSSR count). The Labute approximate surface area is 204 Å². The first kappa shape index (κ1) is 31.4. The third kappa shape index (κ3) is 10.9. The molecule has 3 heterocycles. The van der Waals surface area contributed by atoms with E-state index in [2.05, 4.69) is 33.7 Å². The van der Waals surface area contributed by atoms with Crippen molar-refractivity contribution in [3.05, 3.63) is 17.6 Å². The number of rotatable bonds is 4. The van der Waals surface area contributed by atoms with Crippen LogP contribution in [0.2, 0.25) is 0 Å². The summed E-state index contributed by atoms with van der Waals surface area (Å²) in [6.45, 7) is 8.49. The molecule has 0 aromatic carbocycles. The van der Waals surface area contributed by atoms with Crippen molar-refractivity contribution in [2.75, 3.05) is 51.3 Å². The Bertz CT molecular complexity index is 823. The highest BCUT2D eigenvalue weighted by atomic mass is 19.4. The van der Waals surface area contributed by atoms with Crippen LogP contribution in [0.3, 0.4) is 0 Å². The fourth-order valence-corrected chi connectivity index (χ4v) is 3.51. The molecule has 0 saturated carbocycles. The van der Waals surface area contributed by atoms with Gasteiger partial charge in [-0.2, -0.15) is 26.3 Å². The lowest BCUT2D eigenvalue weighted by Crippen LogP contribution is -2.34. The lowest BCUT2D eigenvalue weighted by Gasteiger charge is -2.28. The van der Waals surface area contributed by atoms with Crippen molar-refractivity contribution in [1.29, 1.82) is 0 Å². The summed E-state index contributed by atoms with van der Waals surface area (Å²) >= 11 is 0. The summed E-state index contributed by atoms with van der Waals surface area (Å²) in [5, 5.41) is 14.2. The first-order valence-corrected chi connectivity index (χ1v) is 11.1. The number of aromatic nitrogens is 2. The van der Waals surface area contributed by atoms with E-state index in [9.17, 15) is 26.3 Å². The third-order valence-electron chi connectivity index (χ3n) is 5.53. The lowest BCUT2D eigenvalue weighted by molar-refractivity contribution is -0.193. The molecule has 0 aliphatic carbocycles. The van der Waals surface area contributed by atoms with Crippen LogP contribution in [0.5, 0.6) is 0 Å². The number of alkyl halides is 6. The molecule has 1 aromatic heterocycles. The minimum atomic E-state index is -5.08. The number of carboxylic acid groups (broad SMARTS) is 2. The Morgan fingerprint density at radius 3 is 2.00 bits per heavy atom. The number of carbonyl (C=O) groups is 2. The summed E-state index contributed by atoms with van der Waals surface area (Å²) in [6, 6.07) is 0. The summed E-state index contributed by atoms with van der Waals surface area (Å²) in [5.41, 5.74) is 2.61. The van der Waals surface area contributed by atoms with Gasteiger partial charge in [-0.1, -0.05) is 0 Å². The molecule has 0 unspecified atom stereocenters. The Balaban J connectivity index is 0.000000383. The van der Waals surface area contributed by atoms with Gasteiger partial charge in [-0.25, -0.2) is 19.6 Å². The van der Waals surface area contributed by atoms with Gasteiger partial charge in [0.15, 0.2) is 0 Å². The highest BCUT2D eigenvalue weighted by Crippen LogP contribution is 2.24. The molecule has 0 bridgehead atoms. The summed E-state index contributed by atoms with van der Waals surface area (Å²) in [4.78, 5) is 31.7. The zero-order chi connectivity index (χ0) is 27.5. The van der Waals surface area contributed by atoms with Gasteiger partial charge in [0.1, 0.15) is 12.1 Å². The standard InChI is InChI=1S/C17H28N4O.2C2HF3O2/c1-3-20(2)17-15-4-8-21(9-5-16(15)18-13-19-17)12-14-6-10-22-11-7-14;2*3-2(4,5)1(6)7/h13-14H,3-12H2,1-2H3;2*(H,6,7).